The van der Waals surface area contributed by atoms with Gasteiger partial charge >= 0.3 is 6.09 Å². The Labute approximate surface area is 181 Å². The van der Waals surface area contributed by atoms with Crippen LogP contribution >= 0.6 is 0 Å². The van der Waals surface area contributed by atoms with Gasteiger partial charge in [-0.3, -0.25) is 0 Å². The second-order valence-corrected chi connectivity index (χ2v) is 14.1. The Bertz CT molecular complexity index is 480. The fourth-order valence-corrected chi connectivity index (χ4v) is 7.78. The molecular weight excluding hydrogens is 378 g/mol. The minimum absolute atomic E-state index is 0.122. The summed E-state index contributed by atoms with van der Waals surface area (Å²) in [5.74, 6) is 0.868. The third kappa shape index (κ3) is 7.75. The van der Waals surface area contributed by atoms with Gasteiger partial charge in [0.1, 0.15) is 0 Å². The Morgan fingerprint density at radius 2 is 1.48 bits per heavy atom. The Balaban J connectivity index is 2.89. The van der Waals surface area contributed by atoms with Gasteiger partial charge in [-0.2, -0.15) is 0 Å². The van der Waals surface area contributed by atoms with Crippen LogP contribution < -0.4 is 0 Å². The van der Waals surface area contributed by atoms with Crippen LogP contribution in [0.5, 0.6) is 0 Å². The number of rotatable bonds is 11. The molecule has 1 saturated carbocycles. The molecule has 0 aromatic carbocycles. The average Bonchev–Trinajstić information content (AvgIpc) is 2.69. The first-order chi connectivity index (χ1) is 13.7. The van der Waals surface area contributed by atoms with Crippen LogP contribution in [0, 0.1) is 11.8 Å². The topological polar surface area (TPSA) is 38.8 Å². The summed E-state index contributed by atoms with van der Waals surface area (Å²) in [6.45, 7) is 17.2. The van der Waals surface area contributed by atoms with E-state index >= 15 is 0 Å². The van der Waals surface area contributed by atoms with Gasteiger partial charge in [-0.05, 0) is 70.7 Å². The molecule has 1 aliphatic carbocycles. The van der Waals surface area contributed by atoms with E-state index in [0.29, 0.717) is 5.92 Å². The molecule has 4 nitrogen and oxygen atoms in total. The molecule has 0 radical (unpaired) electrons. The summed E-state index contributed by atoms with van der Waals surface area (Å²) in [6, 6.07) is 3.76. The quantitative estimate of drug-likeness (QED) is 0.256. The van der Waals surface area contributed by atoms with Crippen molar-refractivity contribution in [2.24, 2.45) is 11.8 Å². The lowest BCUT2D eigenvalue weighted by atomic mass is 9.81. The highest BCUT2D eigenvalue weighted by Crippen LogP contribution is 2.36. The molecule has 2 atom stereocenters. The molecule has 0 heterocycles. The number of amides is 1. The number of ether oxygens (including phenoxy) is 1. The SMILES string of the molecule is CC[Si](CC)(CC)O[C@H](C1CCCCC1)[C@@H](C)/C=C\OC(=O)N(C(C)C)C(C)C. The monoisotopic (exact) mass is 425 g/mol. The van der Waals surface area contributed by atoms with Gasteiger partial charge in [-0.15, -0.1) is 0 Å². The minimum atomic E-state index is -1.69. The van der Waals surface area contributed by atoms with E-state index in [9.17, 15) is 4.79 Å². The number of nitrogens with zero attached hydrogens (tertiary/aromatic N) is 1. The molecular formula is C24H47NO3Si. The van der Waals surface area contributed by atoms with Crippen LogP contribution in [0.4, 0.5) is 4.79 Å². The van der Waals surface area contributed by atoms with Gasteiger partial charge in [0.15, 0.2) is 8.32 Å². The van der Waals surface area contributed by atoms with Crippen molar-refractivity contribution < 1.29 is 14.0 Å². The number of hydrogen-bond donors (Lipinski definition) is 0. The molecule has 0 spiro atoms. The minimum Gasteiger partial charge on any atom is -0.418 e. The van der Waals surface area contributed by atoms with Crippen molar-refractivity contribution >= 4 is 14.4 Å². The molecule has 0 unspecified atom stereocenters. The molecule has 1 fully saturated rings. The zero-order valence-electron chi connectivity index (χ0n) is 20.4. The van der Waals surface area contributed by atoms with Crippen LogP contribution in [0.2, 0.25) is 18.1 Å². The second-order valence-electron chi connectivity index (χ2n) is 9.39. The maximum atomic E-state index is 12.5. The van der Waals surface area contributed by atoms with Crippen LogP contribution in [0.25, 0.3) is 0 Å². The van der Waals surface area contributed by atoms with Crippen LogP contribution in [-0.4, -0.2) is 37.5 Å². The molecule has 5 heteroatoms. The first-order valence-corrected chi connectivity index (χ1v) is 14.6. The highest BCUT2D eigenvalue weighted by atomic mass is 28.4. The van der Waals surface area contributed by atoms with E-state index in [2.05, 4.69) is 33.8 Å². The zero-order valence-corrected chi connectivity index (χ0v) is 21.4. The van der Waals surface area contributed by atoms with Gasteiger partial charge in [0.2, 0.25) is 0 Å². The lowest BCUT2D eigenvalue weighted by molar-refractivity contribution is 0.0660. The first kappa shape index (κ1) is 26.2. The number of carbonyl (C=O) groups excluding carboxylic acids is 1. The molecule has 170 valence electrons. The summed E-state index contributed by atoms with van der Waals surface area (Å²) in [4.78, 5) is 14.2. The van der Waals surface area contributed by atoms with Crippen molar-refractivity contribution in [1.82, 2.24) is 4.90 Å². The number of carbonyl (C=O) groups is 1. The van der Waals surface area contributed by atoms with E-state index in [0.717, 1.165) is 0 Å². The summed E-state index contributed by atoms with van der Waals surface area (Å²) in [5, 5.41) is 0. The molecule has 0 aromatic rings. The predicted octanol–water partition coefficient (Wildman–Crippen LogP) is 7.36. The smallest absolute Gasteiger partial charge is 0.415 e. The zero-order chi connectivity index (χ0) is 22.0. The largest absolute Gasteiger partial charge is 0.418 e. The van der Waals surface area contributed by atoms with Crippen LogP contribution in [-0.2, 0) is 9.16 Å². The molecule has 1 amide bonds. The molecule has 0 saturated heterocycles. The van der Waals surface area contributed by atoms with E-state index in [-0.39, 0.29) is 30.2 Å². The Morgan fingerprint density at radius 1 is 0.966 bits per heavy atom. The first-order valence-electron chi connectivity index (χ1n) is 12.0. The normalized spacial score (nSPS) is 18.4. The molecule has 29 heavy (non-hydrogen) atoms. The van der Waals surface area contributed by atoms with Gasteiger partial charge in [-0.25, -0.2) is 4.79 Å². The van der Waals surface area contributed by atoms with E-state index in [1.165, 1.54) is 50.2 Å². The summed E-state index contributed by atoms with van der Waals surface area (Å²) in [5.41, 5.74) is 0. The lowest BCUT2D eigenvalue weighted by Crippen LogP contribution is -2.45. The Hall–Kier alpha value is -0.813. The Morgan fingerprint density at radius 3 is 1.93 bits per heavy atom. The molecule has 1 rings (SSSR count). The highest BCUT2D eigenvalue weighted by Gasteiger charge is 2.37. The maximum absolute atomic E-state index is 12.5. The van der Waals surface area contributed by atoms with Gasteiger partial charge in [-0.1, -0.05) is 47.0 Å². The summed E-state index contributed by atoms with van der Waals surface area (Å²) in [7, 11) is -1.69. The third-order valence-electron chi connectivity index (χ3n) is 6.83. The van der Waals surface area contributed by atoms with Gasteiger partial charge in [0, 0.05) is 18.0 Å². The summed E-state index contributed by atoms with van der Waals surface area (Å²) in [6.07, 6.45) is 10.1. The predicted molar refractivity (Wildman–Crippen MR) is 126 cm³/mol. The second kappa shape index (κ2) is 12.8. The molecule has 0 aromatic heterocycles. The van der Waals surface area contributed by atoms with Gasteiger partial charge in [0.05, 0.1) is 12.4 Å². The fourth-order valence-electron chi connectivity index (χ4n) is 4.79. The van der Waals surface area contributed by atoms with Crippen LogP contribution in [0.1, 0.15) is 87.5 Å². The molecule has 0 aliphatic heterocycles. The van der Waals surface area contributed by atoms with Crippen molar-refractivity contribution in [3.63, 3.8) is 0 Å². The van der Waals surface area contributed by atoms with Crippen molar-refractivity contribution in [3.05, 3.63) is 12.3 Å². The van der Waals surface area contributed by atoms with Gasteiger partial charge in [0.25, 0.3) is 0 Å². The van der Waals surface area contributed by atoms with E-state index in [1.54, 1.807) is 11.2 Å². The number of hydrogen-bond acceptors (Lipinski definition) is 3. The summed E-state index contributed by atoms with van der Waals surface area (Å²) < 4.78 is 12.5. The molecule has 0 N–H and O–H groups in total. The van der Waals surface area contributed by atoms with E-state index < -0.39 is 8.32 Å². The standard InChI is InChI=1S/C24H47NO3Si/c1-9-29(10-2,11-3)28-23(22-15-13-12-14-16-22)21(8)17-18-27-24(26)25(19(4)5)20(6)7/h17-23H,9-16H2,1-8H3/b18-17-/t21-,23-/m0/s1. The van der Waals surface area contributed by atoms with Crippen LogP contribution in [0.3, 0.4) is 0 Å². The van der Waals surface area contributed by atoms with E-state index in [1.807, 2.05) is 27.7 Å². The highest BCUT2D eigenvalue weighted by molar-refractivity contribution is 6.73. The van der Waals surface area contributed by atoms with Crippen molar-refractivity contribution in [2.45, 2.75) is 124 Å². The lowest BCUT2D eigenvalue weighted by Gasteiger charge is -2.40. The fraction of sp³-hybridized carbons (Fsp3) is 0.875. The Kier molecular flexibility index (Phi) is 11.6. The van der Waals surface area contributed by atoms with Gasteiger partial charge < -0.3 is 14.1 Å². The van der Waals surface area contributed by atoms with Crippen molar-refractivity contribution in [1.29, 1.82) is 0 Å². The van der Waals surface area contributed by atoms with Crippen LogP contribution in [0.15, 0.2) is 12.3 Å². The van der Waals surface area contributed by atoms with Crippen molar-refractivity contribution in [3.8, 4) is 0 Å². The third-order valence-corrected chi connectivity index (χ3v) is 11.5. The summed E-state index contributed by atoms with van der Waals surface area (Å²) >= 11 is 0. The average molecular weight is 426 g/mol. The van der Waals surface area contributed by atoms with Crippen molar-refractivity contribution in [2.75, 3.05) is 0 Å². The molecule has 1 aliphatic rings. The van der Waals surface area contributed by atoms with E-state index in [4.69, 9.17) is 9.16 Å². The maximum Gasteiger partial charge on any atom is 0.415 e. The molecule has 0 bridgehead atoms.